The Hall–Kier alpha value is -0.930. The van der Waals surface area contributed by atoms with Crippen LogP contribution in [0.2, 0.25) is 0 Å². The van der Waals surface area contributed by atoms with E-state index in [0.29, 0.717) is 11.8 Å². The molecule has 0 saturated carbocycles. The largest absolute Gasteiger partial charge is 0.316 e. The Morgan fingerprint density at radius 3 is 2.50 bits per heavy atom. The SMILES string of the molecule is CC1CNCC(C)CN(Cc2cccc(F)c2)C1. The van der Waals surface area contributed by atoms with Crippen molar-refractivity contribution in [1.29, 1.82) is 0 Å². The molecule has 100 valence electrons. The monoisotopic (exact) mass is 250 g/mol. The summed E-state index contributed by atoms with van der Waals surface area (Å²) < 4.78 is 13.2. The molecule has 0 aliphatic carbocycles. The van der Waals surface area contributed by atoms with Crippen molar-refractivity contribution in [2.24, 2.45) is 11.8 Å². The summed E-state index contributed by atoms with van der Waals surface area (Å²) in [5, 5.41) is 3.49. The molecule has 3 heteroatoms. The first-order chi connectivity index (χ1) is 8.63. The number of rotatable bonds is 2. The fourth-order valence-corrected chi connectivity index (χ4v) is 2.68. The maximum absolute atomic E-state index is 13.2. The maximum Gasteiger partial charge on any atom is 0.123 e. The van der Waals surface area contributed by atoms with Crippen molar-refractivity contribution in [3.05, 3.63) is 35.6 Å². The number of halogens is 1. The molecular formula is C15H23FN2. The Bertz CT molecular complexity index is 369. The van der Waals surface area contributed by atoms with Gasteiger partial charge < -0.3 is 5.32 Å². The molecule has 2 unspecified atom stereocenters. The quantitative estimate of drug-likeness (QED) is 0.867. The summed E-state index contributed by atoms with van der Waals surface area (Å²) in [7, 11) is 0. The highest BCUT2D eigenvalue weighted by Crippen LogP contribution is 2.13. The van der Waals surface area contributed by atoms with Gasteiger partial charge in [0.15, 0.2) is 0 Å². The van der Waals surface area contributed by atoms with E-state index in [-0.39, 0.29) is 5.82 Å². The van der Waals surface area contributed by atoms with Crippen molar-refractivity contribution in [1.82, 2.24) is 10.2 Å². The van der Waals surface area contributed by atoms with E-state index in [0.717, 1.165) is 38.3 Å². The van der Waals surface area contributed by atoms with Gasteiger partial charge in [0.1, 0.15) is 5.82 Å². The van der Waals surface area contributed by atoms with Crippen LogP contribution >= 0.6 is 0 Å². The molecule has 0 radical (unpaired) electrons. The number of nitrogens with one attached hydrogen (secondary N) is 1. The fourth-order valence-electron chi connectivity index (χ4n) is 2.68. The standard InChI is InChI=1S/C15H23FN2/c1-12-7-17-8-13(2)10-18(9-12)11-14-4-3-5-15(16)6-14/h3-6,12-13,17H,7-11H2,1-2H3. The van der Waals surface area contributed by atoms with Crippen molar-refractivity contribution in [3.8, 4) is 0 Å². The first-order valence-electron chi connectivity index (χ1n) is 6.81. The lowest BCUT2D eigenvalue weighted by atomic mass is 10.0. The third kappa shape index (κ3) is 4.07. The summed E-state index contributed by atoms with van der Waals surface area (Å²) in [4.78, 5) is 2.45. The molecule has 1 fully saturated rings. The highest BCUT2D eigenvalue weighted by molar-refractivity contribution is 5.16. The second-order valence-corrected chi connectivity index (χ2v) is 5.69. The third-order valence-electron chi connectivity index (χ3n) is 3.42. The van der Waals surface area contributed by atoms with Crippen LogP contribution < -0.4 is 5.32 Å². The van der Waals surface area contributed by atoms with Crippen molar-refractivity contribution < 1.29 is 4.39 Å². The average molecular weight is 250 g/mol. The van der Waals surface area contributed by atoms with Crippen molar-refractivity contribution in [2.45, 2.75) is 20.4 Å². The zero-order valence-electron chi connectivity index (χ0n) is 11.3. The second-order valence-electron chi connectivity index (χ2n) is 5.69. The lowest BCUT2D eigenvalue weighted by Gasteiger charge is -2.31. The average Bonchev–Trinajstić information content (AvgIpc) is 2.26. The van der Waals surface area contributed by atoms with Crippen LogP contribution in [0.15, 0.2) is 24.3 Å². The summed E-state index contributed by atoms with van der Waals surface area (Å²) in [6, 6.07) is 6.96. The van der Waals surface area contributed by atoms with E-state index in [1.54, 1.807) is 12.1 Å². The minimum absolute atomic E-state index is 0.137. The molecule has 2 atom stereocenters. The van der Waals surface area contributed by atoms with Gasteiger partial charge in [0.05, 0.1) is 0 Å². The van der Waals surface area contributed by atoms with Gasteiger partial charge in [0.2, 0.25) is 0 Å². The van der Waals surface area contributed by atoms with Gasteiger partial charge in [-0.1, -0.05) is 26.0 Å². The summed E-state index contributed by atoms with van der Waals surface area (Å²) >= 11 is 0. The summed E-state index contributed by atoms with van der Waals surface area (Å²) in [5.41, 5.74) is 1.07. The van der Waals surface area contributed by atoms with E-state index in [1.807, 2.05) is 6.07 Å². The van der Waals surface area contributed by atoms with Crippen LogP contribution in [0.1, 0.15) is 19.4 Å². The highest BCUT2D eigenvalue weighted by atomic mass is 19.1. The van der Waals surface area contributed by atoms with E-state index in [9.17, 15) is 4.39 Å². The Balaban J connectivity index is 2.00. The van der Waals surface area contributed by atoms with E-state index in [2.05, 4.69) is 24.1 Å². The van der Waals surface area contributed by atoms with Gasteiger partial charge in [0.25, 0.3) is 0 Å². The number of benzene rings is 1. The van der Waals surface area contributed by atoms with Crippen molar-refractivity contribution >= 4 is 0 Å². The van der Waals surface area contributed by atoms with Crippen LogP contribution in [0.3, 0.4) is 0 Å². The van der Waals surface area contributed by atoms with E-state index in [4.69, 9.17) is 0 Å². The Labute approximate surface area is 109 Å². The molecule has 1 aliphatic heterocycles. The topological polar surface area (TPSA) is 15.3 Å². The highest BCUT2D eigenvalue weighted by Gasteiger charge is 2.17. The maximum atomic E-state index is 13.2. The zero-order chi connectivity index (χ0) is 13.0. The van der Waals surface area contributed by atoms with Gasteiger partial charge >= 0.3 is 0 Å². The van der Waals surface area contributed by atoms with Gasteiger partial charge in [-0.05, 0) is 42.6 Å². The molecule has 0 amide bonds. The predicted molar refractivity (Wildman–Crippen MR) is 72.9 cm³/mol. The van der Waals surface area contributed by atoms with Crippen LogP contribution in [-0.4, -0.2) is 31.1 Å². The van der Waals surface area contributed by atoms with Gasteiger partial charge in [-0.2, -0.15) is 0 Å². The lowest BCUT2D eigenvalue weighted by molar-refractivity contribution is 0.178. The molecule has 1 aliphatic rings. The van der Waals surface area contributed by atoms with E-state index in [1.165, 1.54) is 6.07 Å². The van der Waals surface area contributed by atoms with Crippen LogP contribution in [0.5, 0.6) is 0 Å². The zero-order valence-corrected chi connectivity index (χ0v) is 11.3. The Kier molecular flexibility index (Phi) is 4.72. The summed E-state index contributed by atoms with van der Waals surface area (Å²) in [6.45, 7) is 9.69. The molecule has 0 aromatic heterocycles. The molecule has 1 N–H and O–H groups in total. The van der Waals surface area contributed by atoms with Gasteiger partial charge in [0, 0.05) is 19.6 Å². The normalized spacial score (nSPS) is 26.6. The van der Waals surface area contributed by atoms with Gasteiger partial charge in [-0.15, -0.1) is 0 Å². The molecule has 2 rings (SSSR count). The van der Waals surface area contributed by atoms with Gasteiger partial charge in [-0.3, -0.25) is 4.90 Å². The molecule has 1 heterocycles. The van der Waals surface area contributed by atoms with Crippen LogP contribution in [0.25, 0.3) is 0 Å². The number of hydrogen-bond acceptors (Lipinski definition) is 2. The number of hydrogen-bond donors (Lipinski definition) is 1. The second kappa shape index (κ2) is 6.30. The van der Waals surface area contributed by atoms with E-state index >= 15 is 0 Å². The van der Waals surface area contributed by atoms with Crippen LogP contribution in [-0.2, 0) is 6.54 Å². The minimum Gasteiger partial charge on any atom is -0.316 e. The molecule has 2 nitrogen and oxygen atoms in total. The fraction of sp³-hybridized carbons (Fsp3) is 0.600. The first kappa shape index (κ1) is 13.5. The molecule has 1 saturated heterocycles. The minimum atomic E-state index is -0.137. The van der Waals surface area contributed by atoms with Crippen molar-refractivity contribution in [2.75, 3.05) is 26.2 Å². The van der Waals surface area contributed by atoms with Gasteiger partial charge in [-0.25, -0.2) is 4.39 Å². The van der Waals surface area contributed by atoms with Crippen molar-refractivity contribution in [3.63, 3.8) is 0 Å². The lowest BCUT2D eigenvalue weighted by Crippen LogP contribution is -2.42. The third-order valence-corrected chi connectivity index (χ3v) is 3.42. The molecule has 0 bridgehead atoms. The summed E-state index contributed by atoms with van der Waals surface area (Å²) in [5.74, 6) is 1.15. The summed E-state index contributed by atoms with van der Waals surface area (Å²) in [6.07, 6.45) is 0. The Morgan fingerprint density at radius 2 is 1.89 bits per heavy atom. The molecule has 18 heavy (non-hydrogen) atoms. The smallest absolute Gasteiger partial charge is 0.123 e. The number of nitrogens with zero attached hydrogens (tertiary/aromatic N) is 1. The molecular weight excluding hydrogens is 227 g/mol. The predicted octanol–water partition coefficient (Wildman–Crippen LogP) is 2.50. The van der Waals surface area contributed by atoms with E-state index < -0.39 is 0 Å². The van der Waals surface area contributed by atoms with Crippen LogP contribution in [0.4, 0.5) is 4.39 Å². The van der Waals surface area contributed by atoms with Crippen LogP contribution in [0, 0.1) is 17.7 Å². The molecule has 1 aromatic rings. The Morgan fingerprint density at radius 1 is 1.22 bits per heavy atom. The first-order valence-corrected chi connectivity index (χ1v) is 6.81. The molecule has 0 spiro atoms. The molecule has 1 aromatic carbocycles.